The highest BCUT2D eigenvalue weighted by molar-refractivity contribution is 5.95. The van der Waals surface area contributed by atoms with Gasteiger partial charge >= 0.3 is 0 Å². The van der Waals surface area contributed by atoms with Crippen molar-refractivity contribution in [1.29, 1.82) is 0 Å². The fourth-order valence-corrected chi connectivity index (χ4v) is 2.81. The normalized spacial score (nSPS) is 17.8. The molecule has 3 N–H and O–H groups in total. The van der Waals surface area contributed by atoms with E-state index < -0.39 is 0 Å². The standard InChI is InChI=1S/C16H19N5O/c1-18-13-9-14(20-16(17)19-13)21-10-12(8-15(21)22)7-11-5-3-2-4-6-11/h2-6,9,12H,7-8,10H2,1H3,(H3,17,18,19,20). The van der Waals surface area contributed by atoms with Crippen molar-refractivity contribution in [2.24, 2.45) is 5.92 Å². The fraction of sp³-hybridized carbons (Fsp3) is 0.312. The first-order valence-corrected chi connectivity index (χ1v) is 7.32. The third-order valence-corrected chi connectivity index (χ3v) is 3.83. The predicted molar refractivity (Wildman–Crippen MR) is 86.6 cm³/mol. The van der Waals surface area contributed by atoms with Crippen molar-refractivity contribution in [3.05, 3.63) is 42.0 Å². The van der Waals surface area contributed by atoms with Gasteiger partial charge in [-0.3, -0.25) is 9.69 Å². The molecular formula is C16H19N5O. The van der Waals surface area contributed by atoms with Crippen LogP contribution in [0.4, 0.5) is 17.6 Å². The minimum Gasteiger partial charge on any atom is -0.373 e. The van der Waals surface area contributed by atoms with Crippen LogP contribution in [0, 0.1) is 5.92 Å². The molecule has 6 nitrogen and oxygen atoms in total. The zero-order chi connectivity index (χ0) is 15.5. The number of nitrogens with zero attached hydrogens (tertiary/aromatic N) is 3. The van der Waals surface area contributed by atoms with Gasteiger partial charge in [0.25, 0.3) is 0 Å². The van der Waals surface area contributed by atoms with E-state index in [0.29, 0.717) is 30.5 Å². The van der Waals surface area contributed by atoms with Crippen LogP contribution in [-0.2, 0) is 11.2 Å². The molecule has 0 spiro atoms. The molecular weight excluding hydrogens is 278 g/mol. The van der Waals surface area contributed by atoms with E-state index in [-0.39, 0.29) is 11.9 Å². The van der Waals surface area contributed by atoms with Gasteiger partial charge < -0.3 is 11.1 Å². The summed E-state index contributed by atoms with van der Waals surface area (Å²) in [5, 5.41) is 2.93. The molecule has 0 radical (unpaired) electrons. The van der Waals surface area contributed by atoms with E-state index in [1.165, 1.54) is 5.56 Å². The first kappa shape index (κ1) is 14.3. The number of anilines is 3. The molecule has 6 heteroatoms. The largest absolute Gasteiger partial charge is 0.373 e. The second-order valence-corrected chi connectivity index (χ2v) is 5.48. The molecule has 1 aliphatic rings. The van der Waals surface area contributed by atoms with Crippen LogP contribution in [0.15, 0.2) is 36.4 Å². The lowest BCUT2D eigenvalue weighted by molar-refractivity contribution is -0.117. The van der Waals surface area contributed by atoms with Gasteiger partial charge in [-0.2, -0.15) is 9.97 Å². The maximum atomic E-state index is 12.3. The molecule has 1 amide bonds. The van der Waals surface area contributed by atoms with E-state index in [2.05, 4.69) is 27.4 Å². The van der Waals surface area contributed by atoms with Crippen LogP contribution in [-0.4, -0.2) is 29.5 Å². The highest BCUT2D eigenvalue weighted by Crippen LogP contribution is 2.27. The van der Waals surface area contributed by atoms with Crippen LogP contribution in [0.1, 0.15) is 12.0 Å². The molecule has 2 aromatic rings. The van der Waals surface area contributed by atoms with Crippen LogP contribution in [0.25, 0.3) is 0 Å². The first-order valence-electron chi connectivity index (χ1n) is 7.32. The number of nitrogens with two attached hydrogens (primary N) is 1. The van der Waals surface area contributed by atoms with Crippen molar-refractivity contribution < 1.29 is 4.79 Å². The molecule has 1 aliphatic heterocycles. The van der Waals surface area contributed by atoms with Crippen molar-refractivity contribution in [3.8, 4) is 0 Å². The van der Waals surface area contributed by atoms with Crippen molar-refractivity contribution in [2.75, 3.05) is 29.5 Å². The van der Waals surface area contributed by atoms with Crippen LogP contribution in [0.2, 0.25) is 0 Å². The monoisotopic (exact) mass is 297 g/mol. The number of rotatable bonds is 4. The van der Waals surface area contributed by atoms with Crippen molar-refractivity contribution in [3.63, 3.8) is 0 Å². The highest BCUT2D eigenvalue weighted by Gasteiger charge is 2.31. The van der Waals surface area contributed by atoms with E-state index in [4.69, 9.17) is 5.73 Å². The lowest BCUT2D eigenvalue weighted by Gasteiger charge is -2.16. The van der Waals surface area contributed by atoms with Gasteiger partial charge in [0.15, 0.2) is 0 Å². The van der Waals surface area contributed by atoms with Gasteiger partial charge in [-0.15, -0.1) is 0 Å². The van der Waals surface area contributed by atoms with Gasteiger partial charge in [-0.05, 0) is 17.9 Å². The topological polar surface area (TPSA) is 84.1 Å². The lowest BCUT2D eigenvalue weighted by atomic mass is 9.99. The fourth-order valence-electron chi connectivity index (χ4n) is 2.81. The van der Waals surface area contributed by atoms with E-state index in [0.717, 1.165) is 6.42 Å². The third-order valence-electron chi connectivity index (χ3n) is 3.83. The van der Waals surface area contributed by atoms with Gasteiger partial charge in [-0.1, -0.05) is 30.3 Å². The number of hydrogen-bond donors (Lipinski definition) is 2. The van der Waals surface area contributed by atoms with Crippen molar-refractivity contribution in [1.82, 2.24) is 9.97 Å². The number of aromatic nitrogens is 2. The van der Waals surface area contributed by atoms with Gasteiger partial charge in [0, 0.05) is 26.1 Å². The molecule has 1 aromatic heterocycles. The molecule has 2 heterocycles. The number of carbonyl (C=O) groups is 1. The second-order valence-electron chi connectivity index (χ2n) is 5.48. The van der Waals surface area contributed by atoms with Crippen LogP contribution < -0.4 is 16.0 Å². The summed E-state index contributed by atoms with van der Waals surface area (Å²) in [5.41, 5.74) is 6.96. The Morgan fingerprint density at radius 2 is 2.09 bits per heavy atom. The Balaban J connectivity index is 1.76. The van der Waals surface area contributed by atoms with Gasteiger partial charge in [0.1, 0.15) is 11.6 Å². The number of nitrogens with one attached hydrogen (secondary N) is 1. The zero-order valence-electron chi connectivity index (χ0n) is 12.5. The maximum Gasteiger partial charge on any atom is 0.228 e. The minimum absolute atomic E-state index is 0.0843. The molecule has 114 valence electrons. The summed E-state index contributed by atoms with van der Waals surface area (Å²) < 4.78 is 0. The Labute approximate surface area is 129 Å². The van der Waals surface area contributed by atoms with E-state index in [1.54, 1.807) is 18.0 Å². The number of carbonyl (C=O) groups excluding carboxylic acids is 1. The Bertz CT molecular complexity index is 673. The van der Waals surface area contributed by atoms with Gasteiger partial charge in [0.2, 0.25) is 11.9 Å². The average Bonchev–Trinajstić information content (AvgIpc) is 2.88. The Hall–Kier alpha value is -2.63. The minimum atomic E-state index is 0.0843. The quantitative estimate of drug-likeness (QED) is 0.897. The Kier molecular flexibility index (Phi) is 3.91. The van der Waals surface area contributed by atoms with Gasteiger partial charge in [0.05, 0.1) is 0 Å². The summed E-state index contributed by atoms with van der Waals surface area (Å²) in [7, 11) is 1.76. The molecule has 22 heavy (non-hydrogen) atoms. The predicted octanol–water partition coefficient (Wildman–Crippen LogP) is 1.70. The maximum absolute atomic E-state index is 12.3. The highest BCUT2D eigenvalue weighted by atomic mass is 16.2. The lowest BCUT2D eigenvalue weighted by Crippen LogP contribution is -2.26. The zero-order valence-corrected chi connectivity index (χ0v) is 12.5. The summed E-state index contributed by atoms with van der Waals surface area (Å²) >= 11 is 0. The Morgan fingerprint density at radius 3 is 2.82 bits per heavy atom. The smallest absolute Gasteiger partial charge is 0.228 e. The number of hydrogen-bond acceptors (Lipinski definition) is 5. The van der Waals surface area contributed by atoms with Crippen LogP contribution in [0.5, 0.6) is 0 Å². The van der Waals surface area contributed by atoms with E-state index in [9.17, 15) is 4.79 Å². The number of benzene rings is 1. The Morgan fingerprint density at radius 1 is 1.32 bits per heavy atom. The number of amides is 1. The summed E-state index contributed by atoms with van der Waals surface area (Å²) in [6.45, 7) is 0.660. The van der Waals surface area contributed by atoms with Crippen LogP contribution >= 0.6 is 0 Å². The van der Waals surface area contributed by atoms with Crippen LogP contribution in [0.3, 0.4) is 0 Å². The van der Waals surface area contributed by atoms with Crippen molar-refractivity contribution >= 4 is 23.5 Å². The van der Waals surface area contributed by atoms with Gasteiger partial charge in [-0.25, -0.2) is 0 Å². The molecule has 1 saturated heterocycles. The molecule has 0 bridgehead atoms. The molecule has 1 atom stereocenters. The SMILES string of the molecule is CNc1cc(N2CC(Cc3ccccc3)CC2=O)nc(N)n1. The summed E-state index contributed by atoms with van der Waals surface area (Å²) in [6.07, 6.45) is 1.43. The summed E-state index contributed by atoms with van der Waals surface area (Å²) in [5.74, 6) is 1.73. The molecule has 3 rings (SSSR count). The molecule has 1 fully saturated rings. The third kappa shape index (κ3) is 3.00. The van der Waals surface area contributed by atoms with E-state index >= 15 is 0 Å². The molecule has 1 aromatic carbocycles. The molecule has 1 unspecified atom stereocenters. The average molecular weight is 297 g/mol. The van der Waals surface area contributed by atoms with E-state index in [1.807, 2.05) is 18.2 Å². The molecule has 0 aliphatic carbocycles. The second kappa shape index (κ2) is 6.01. The number of nitrogen functional groups attached to an aromatic ring is 1. The first-order chi connectivity index (χ1) is 10.7. The summed E-state index contributed by atoms with van der Waals surface area (Å²) in [6, 6.07) is 12.0. The summed E-state index contributed by atoms with van der Waals surface area (Å²) in [4.78, 5) is 22.2. The molecule has 0 saturated carbocycles. The van der Waals surface area contributed by atoms with Crippen molar-refractivity contribution in [2.45, 2.75) is 12.8 Å².